The Hall–Kier alpha value is -1.19. The van der Waals surface area contributed by atoms with Crippen LogP contribution in [-0.4, -0.2) is 54.8 Å². The summed E-state index contributed by atoms with van der Waals surface area (Å²) >= 11 is 0. The minimum atomic E-state index is -1.09. The van der Waals surface area contributed by atoms with Crippen molar-refractivity contribution >= 4 is 17.9 Å². The molecule has 5 N–H and O–H groups in total. The van der Waals surface area contributed by atoms with E-state index in [0.717, 1.165) is 25.7 Å². The van der Waals surface area contributed by atoms with Gasteiger partial charge < -0.3 is 15.2 Å². The molecule has 114 valence electrons. The van der Waals surface area contributed by atoms with Gasteiger partial charge in [-0.1, -0.05) is 0 Å². The molecule has 0 aliphatic carbocycles. The van der Waals surface area contributed by atoms with Crippen molar-refractivity contribution in [3.8, 4) is 0 Å². The molecule has 4 aliphatic heterocycles. The predicted molar refractivity (Wildman–Crippen MR) is 78.3 cm³/mol. The highest BCUT2D eigenvalue weighted by Gasteiger charge is 2.55. The van der Waals surface area contributed by atoms with Gasteiger partial charge in [-0.2, -0.15) is 0 Å². The van der Waals surface area contributed by atoms with Crippen molar-refractivity contribution in [1.29, 1.82) is 0 Å². The molecular formula is C13H20N6O2. The molecule has 0 spiro atoms. The van der Waals surface area contributed by atoms with Crippen LogP contribution >= 0.6 is 0 Å². The summed E-state index contributed by atoms with van der Waals surface area (Å²) in [6.45, 7) is 1.39. The molecule has 8 nitrogen and oxygen atoms in total. The van der Waals surface area contributed by atoms with Gasteiger partial charge in [0.25, 0.3) is 0 Å². The SMILES string of the molecule is NC1(C2CCCO2)N=C2N=CN=C2C(N)(C2CCCO2)N1. The molecule has 4 rings (SSSR count). The van der Waals surface area contributed by atoms with Crippen LogP contribution in [0.25, 0.3) is 0 Å². The molecule has 8 heteroatoms. The van der Waals surface area contributed by atoms with Crippen LogP contribution in [-0.2, 0) is 9.47 Å². The number of hydrogen-bond acceptors (Lipinski definition) is 8. The second-order valence-corrected chi connectivity index (χ2v) is 5.98. The molecule has 0 bridgehead atoms. The maximum atomic E-state index is 6.63. The van der Waals surface area contributed by atoms with Crippen molar-refractivity contribution in [2.45, 2.75) is 49.3 Å². The largest absolute Gasteiger partial charge is 0.374 e. The topological polar surface area (TPSA) is 120 Å². The van der Waals surface area contributed by atoms with Gasteiger partial charge >= 0.3 is 0 Å². The van der Waals surface area contributed by atoms with Gasteiger partial charge in [-0.25, -0.2) is 15.0 Å². The van der Waals surface area contributed by atoms with E-state index in [1.54, 1.807) is 0 Å². The molecule has 4 unspecified atom stereocenters. The number of nitrogens with two attached hydrogens (primary N) is 2. The zero-order chi connectivity index (χ0) is 14.5. The van der Waals surface area contributed by atoms with Gasteiger partial charge in [0.1, 0.15) is 23.8 Å². The molecule has 0 aromatic heterocycles. The Balaban J connectivity index is 1.74. The summed E-state index contributed by atoms with van der Waals surface area (Å²) in [5, 5.41) is 3.27. The maximum absolute atomic E-state index is 6.63. The van der Waals surface area contributed by atoms with Crippen molar-refractivity contribution < 1.29 is 9.47 Å². The first-order chi connectivity index (χ1) is 10.1. The first kappa shape index (κ1) is 13.5. The van der Waals surface area contributed by atoms with Crippen LogP contribution in [0, 0.1) is 0 Å². The minimum Gasteiger partial charge on any atom is -0.374 e. The van der Waals surface area contributed by atoms with Crippen LogP contribution in [0.2, 0.25) is 0 Å². The molecule has 4 heterocycles. The molecule has 4 aliphatic rings. The summed E-state index contributed by atoms with van der Waals surface area (Å²) in [7, 11) is 0. The monoisotopic (exact) mass is 292 g/mol. The van der Waals surface area contributed by atoms with Crippen LogP contribution in [0.1, 0.15) is 25.7 Å². The third-order valence-corrected chi connectivity index (χ3v) is 4.53. The highest BCUT2D eigenvalue weighted by atomic mass is 16.5. The fourth-order valence-corrected chi connectivity index (χ4v) is 3.47. The van der Waals surface area contributed by atoms with Gasteiger partial charge in [0.15, 0.2) is 11.6 Å². The maximum Gasteiger partial charge on any atom is 0.193 e. The first-order valence-corrected chi connectivity index (χ1v) is 7.43. The Morgan fingerprint density at radius 1 is 1.14 bits per heavy atom. The molecular weight excluding hydrogens is 272 g/mol. The number of amidine groups is 1. The number of hydrogen-bond donors (Lipinski definition) is 3. The standard InChI is InChI=1S/C13H20N6O2/c14-12(8-3-1-5-20-8)10-11(17-7-16-10)18-13(15,19-12)9-4-2-6-21-9/h7-9,19H,1-6,14-15H2. The fraction of sp³-hybridized carbons (Fsp3) is 0.769. The number of ether oxygens (including phenoxy) is 2. The van der Waals surface area contributed by atoms with Crippen molar-refractivity contribution in [2.24, 2.45) is 26.4 Å². The lowest BCUT2D eigenvalue weighted by Crippen LogP contribution is -2.80. The third kappa shape index (κ3) is 1.98. The summed E-state index contributed by atoms with van der Waals surface area (Å²) in [5.41, 5.74) is 12.7. The highest BCUT2D eigenvalue weighted by molar-refractivity contribution is 6.49. The summed E-state index contributed by atoms with van der Waals surface area (Å²) < 4.78 is 11.5. The van der Waals surface area contributed by atoms with Crippen LogP contribution in [0.15, 0.2) is 15.0 Å². The number of aliphatic imine (C=N–C) groups is 3. The molecule has 2 fully saturated rings. The zero-order valence-corrected chi connectivity index (χ0v) is 11.8. The van der Waals surface area contributed by atoms with Crippen LogP contribution in [0.4, 0.5) is 0 Å². The van der Waals surface area contributed by atoms with E-state index in [0.29, 0.717) is 24.8 Å². The molecule has 0 saturated carbocycles. The molecule has 0 aromatic rings. The summed E-state index contributed by atoms with van der Waals surface area (Å²) in [6, 6.07) is 0. The number of rotatable bonds is 2. The number of nitrogens with one attached hydrogen (secondary N) is 1. The number of fused-ring (bicyclic) bond motifs is 1. The summed E-state index contributed by atoms with van der Waals surface area (Å²) in [5.74, 6) is -0.600. The number of nitrogens with zero attached hydrogens (tertiary/aromatic N) is 3. The Bertz CT molecular complexity index is 535. The van der Waals surface area contributed by atoms with Crippen molar-refractivity contribution in [1.82, 2.24) is 5.32 Å². The molecule has 21 heavy (non-hydrogen) atoms. The lowest BCUT2D eigenvalue weighted by molar-refractivity contribution is -0.00769. The van der Waals surface area contributed by atoms with E-state index in [-0.39, 0.29) is 12.2 Å². The Morgan fingerprint density at radius 2 is 1.86 bits per heavy atom. The van der Waals surface area contributed by atoms with Gasteiger partial charge in [0, 0.05) is 13.2 Å². The van der Waals surface area contributed by atoms with E-state index in [9.17, 15) is 0 Å². The molecule has 0 aromatic carbocycles. The smallest absolute Gasteiger partial charge is 0.193 e. The van der Waals surface area contributed by atoms with Crippen LogP contribution < -0.4 is 16.8 Å². The average molecular weight is 292 g/mol. The fourth-order valence-electron chi connectivity index (χ4n) is 3.47. The van der Waals surface area contributed by atoms with E-state index in [1.807, 2.05) is 0 Å². The Labute approximate surface area is 122 Å². The quantitative estimate of drug-likeness (QED) is 0.609. The summed E-state index contributed by atoms with van der Waals surface area (Å²) in [4.78, 5) is 13.0. The second-order valence-electron chi connectivity index (χ2n) is 5.98. The van der Waals surface area contributed by atoms with Crippen molar-refractivity contribution in [3.05, 3.63) is 0 Å². The van der Waals surface area contributed by atoms with Gasteiger partial charge in [0.2, 0.25) is 0 Å². The lowest BCUT2D eigenvalue weighted by Gasteiger charge is -2.46. The van der Waals surface area contributed by atoms with Crippen LogP contribution in [0.3, 0.4) is 0 Å². The first-order valence-electron chi connectivity index (χ1n) is 7.43. The third-order valence-electron chi connectivity index (χ3n) is 4.53. The zero-order valence-electron chi connectivity index (χ0n) is 11.8. The normalized spacial score (nSPS) is 45.6. The van der Waals surface area contributed by atoms with Gasteiger partial charge in [-0.05, 0) is 25.7 Å². The van der Waals surface area contributed by atoms with Crippen molar-refractivity contribution in [2.75, 3.05) is 13.2 Å². The average Bonchev–Trinajstić information content (AvgIpc) is 3.20. The van der Waals surface area contributed by atoms with E-state index >= 15 is 0 Å². The van der Waals surface area contributed by atoms with Gasteiger partial charge in [-0.15, -0.1) is 0 Å². The van der Waals surface area contributed by atoms with E-state index in [4.69, 9.17) is 20.9 Å². The highest BCUT2D eigenvalue weighted by Crippen LogP contribution is 2.32. The Kier molecular flexibility index (Phi) is 2.98. The van der Waals surface area contributed by atoms with Gasteiger partial charge in [0.05, 0.1) is 6.10 Å². The van der Waals surface area contributed by atoms with Crippen LogP contribution in [0.5, 0.6) is 0 Å². The second kappa shape index (κ2) is 4.65. The predicted octanol–water partition coefficient (Wildman–Crippen LogP) is -0.903. The van der Waals surface area contributed by atoms with E-state index in [2.05, 4.69) is 20.3 Å². The van der Waals surface area contributed by atoms with Gasteiger partial charge in [-0.3, -0.25) is 11.1 Å². The van der Waals surface area contributed by atoms with E-state index in [1.165, 1.54) is 6.34 Å². The lowest BCUT2D eigenvalue weighted by atomic mass is 9.90. The molecule has 4 atom stereocenters. The Morgan fingerprint density at radius 3 is 2.52 bits per heavy atom. The van der Waals surface area contributed by atoms with Crippen molar-refractivity contribution in [3.63, 3.8) is 0 Å². The molecule has 2 saturated heterocycles. The summed E-state index contributed by atoms with van der Waals surface area (Å²) in [6.07, 6.45) is 4.71. The minimum absolute atomic E-state index is 0.187. The molecule has 0 amide bonds. The van der Waals surface area contributed by atoms with E-state index < -0.39 is 11.4 Å². The molecule has 0 radical (unpaired) electrons.